The van der Waals surface area contributed by atoms with Crippen molar-refractivity contribution in [2.75, 3.05) is 19.3 Å². The van der Waals surface area contributed by atoms with E-state index < -0.39 is 10.0 Å². The number of hydrogen-bond acceptors (Lipinski definition) is 6. The van der Waals surface area contributed by atoms with E-state index >= 15 is 0 Å². The third-order valence-electron chi connectivity index (χ3n) is 5.87. The summed E-state index contributed by atoms with van der Waals surface area (Å²) in [5.74, 6) is -0.328. The molecule has 4 aromatic rings. The fraction of sp³-hybridized carbons (Fsp3) is 0.333. The number of carbonyl (C=O) groups excluding carboxylic acids is 1. The monoisotopic (exact) mass is 487 g/mol. The zero-order valence-corrected chi connectivity index (χ0v) is 19.6. The number of sulfonamides is 1. The Balaban J connectivity index is 1.46. The lowest BCUT2D eigenvalue weighted by Gasteiger charge is -2.31. The number of fused-ring (bicyclic) bond motifs is 2. The number of hydrogen-bond donors (Lipinski definition) is 2. The van der Waals surface area contributed by atoms with Gasteiger partial charge in [0.15, 0.2) is 5.65 Å². The quantitative estimate of drug-likeness (QED) is 0.455. The summed E-state index contributed by atoms with van der Waals surface area (Å²) in [4.78, 5) is 25.1. The summed E-state index contributed by atoms with van der Waals surface area (Å²) in [5, 5.41) is 9.01. The summed E-state index contributed by atoms with van der Waals surface area (Å²) >= 11 is 6.12. The van der Waals surface area contributed by atoms with Crippen molar-refractivity contribution in [2.24, 2.45) is 7.05 Å². The Morgan fingerprint density at radius 2 is 2.15 bits per heavy atom. The molecule has 0 bridgehead atoms. The van der Waals surface area contributed by atoms with Crippen LogP contribution in [0.25, 0.3) is 33.5 Å². The SMILES string of the molecule is Cn1nc(-c2cnc3[nH]cc(C(=O)N[C@@H]4CCCN(S(C)(=O)=O)C4)c3n2)c2ccc(Cl)cc21. The number of benzene rings is 1. The van der Waals surface area contributed by atoms with Crippen LogP contribution in [0.3, 0.4) is 0 Å². The molecule has 1 fully saturated rings. The van der Waals surface area contributed by atoms with Crippen molar-refractivity contribution < 1.29 is 13.2 Å². The number of carbonyl (C=O) groups is 1. The average molecular weight is 488 g/mol. The molecule has 0 aliphatic carbocycles. The molecular formula is C21H22ClN7O3S. The van der Waals surface area contributed by atoms with Crippen LogP contribution in [0.15, 0.2) is 30.6 Å². The van der Waals surface area contributed by atoms with Crippen LogP contribution in [-0.4, -0.2) is 68.7 Å². The molecule has 1 aliphatic rings. The Hall–Kier alpha value is -3.02. The molecule has 0 radical (unpaired) electrons. The van der Waals surface area contributed by atoms with Crippen LogP contribution in [0.5, 0.6) is 0 Å². The van der Waals surface area contributed by atoms with Crippen LogP contribution in [0.2, 0.25) is 5.02 Å². The second kappa shape index (κ2) is 8.08. The molecule has 1 atom stereocenters. The maximum Gasteiger partial charge on any atom is 0.255 e. The highest BCUT2D eigenvalue weighted by Gasteiger charge is 2.28. The molecule has 5 rings (SSSR count). The average Bonchev–Trinajstić information content (AvgIpc) is 3.34. The van der Waals surface area contributed by atoms with Gasteiger partial charge in [0.2, 0.25) is 10.0 Å². The number of piperidine rings is 1. The molecule has 0 unspecified atom stereocenters. The molecule has 1 amide bonds. The maximum atomic E-state index is 13.0. The predicted octanol–water partition coefficient (Wildman–Crippen LogP) is 2.32. The third-order valence-corrected chi connectivity index (χ3v) is 7.37. The van der Waals surface area contributed by atoms with Crippen LogP contribution in [0.1, 0.15) is 23.2 Å². The molecule has 12 heteroatoms. The van der Waals surface area contributed by atoms with Gasteiger partial charge in [-0.2, -0.15) is 5.10 Å². The maximum absolute atomic E-state index is 13.0. The van der Waals surface area contributed by atoms with Crippen molar-refractivity contribution in [2.45, 2.75) is 18.9 Å². The molecule has 1 saturated heterocycles. The first-order valence-electron chi connectivity index (χ1n) is 10.4. The Bertz CT molecular complexity index is 1490. The number of nitrogens with one attached hydrogen (secondary N) is 2. The third kappa shape index (κ3) is 4.07. The number of rotatable bonds is 4. The number of amides is 1. The van der Waals surface area contributed by atoms with E-state index in [2.05, 4.69) is 25.4 Å². The molecule has 0 saturated carbocycles. The number of aromatic nitrogens is 5. The molecule has 33 heavy (non-hydrogen) atoms. The van der Waals surface area contributed by atoms with E-state index in [1.807, 2.05) is 19.2 Å². The van der Waals surface area contributed by atoms with Gasteiger partial charge in [-0.1, -0.05) is 11.6 Å². The second-order valence-corrected chi connectivity index (χ2v) is 10.6. The highest BCUT2D eigenvalue weighted by atomic mass is 35.5. The van der Waals surface area contributed by atoms with E-state index in [9.17, 15) is 13.2 Å². The summed E-state index contributed by atoms with van der Waals surface area (Å²) in [6.07, 6.45) is 5.76. The molecule has 10 nitrogen and oxygen atoms in total. The van der Waals surface area contributed by atoms with Crippen molar-refractivity contribution in [3.8, 4) is 11.4 Å². The van der Waals surface area contributed by atoms with Crippen molar-refractivity contribution in [1.29, 1.82) is 0 Å². The molecule has 1 aromatic carbocycles. The Labute approximate surface area is 195 Å². The number of aryl methyl sites for hydroxylation is 1. The topological polar surface area (TPSA) is 126 Å². The van der Waals surface area contributed by atoms with Crippen LogP contribution in [0, 0.1) is 0 Å². The van der Waals surface area contributed by atoms with Gasteiger partial charge in [-0.05, 0) is 31.0 Å². The Morgan fingerprint density at radius 1 is 1.33 bits per heavy atom. The molecular weight excluding hydrogens is 466 g/mol. The molecule has 3 aromatic heterocycles. The van der Waals surface area contributed by atoms with Crippen LogP contribution in [-0.2, 0) is 17.1 Å². The fourth-order valence-electron chi connectivity index (χ4n) is 4.22. The Kier molecular flexibility index (Phi) is 5.34. The molecule has 172 valence electrons. The van der Waals surface area contributed by atoms with Gasteiger partial charge in [-0.3, -0.25) is 9.48 Å². The summed E-state index contributed by atoms with van der Waals surface area (Å²) in [7, 11) is -1.48. The van der Waals surface area contributed by atoms with Crippen molar-refractivity contribution in [3.63, 3.8) is 0 Å². The van der Waals surface area contributed by atoms with Gasteiger partial charge >= 0.3 is 0 Å². The highest BCUT2D eigenvalue weighted by molar-refractivity contribution is 7.88. The number of aromatic amines is 1. The van der Waals surface area contributed by atoms with Crippen molar-refractivity contribution >= 4 is 49.6 Å². The highest BCUT2D eigenvalue weighted by Crippen LogP contribution is 2.29. The van der Waals surface area contributed by atoms with E-state index in [1.54, 1.807) is 23.1 Å². The van der Waals surface area contributed by atoms with Gasteiger partial charge in [0.25, 0.3) is 5.91 Å². The molecule has 0 spiro atoms. The lowest BCUT2D eigenvalue weighted by atomic mass is 10.1. The first-order chi connectivity index (χ1) is 15.7. The van der Waals surface area contributed by atoms with Crippen LogP contribution >= 0.6 is 11.6 Å². The lowest BCUT2D eigenvalue weighted by molar-refractivity contribution is 0.0923. The summed E-state index contributed by atoms with van der Waals surface area (Å²) in [6, 6.07) is 5.23. The van der Waals surface area contributed by atoms with E-state index in [-0.39, 0.29) is 18.5 Å². The minimum Gasteiger partial charge on any atom is -0.348 e. The summed E-state index contributed by atoms with van der Waals surface area (Å²) < 4.78 is 26.9. The number of halogens is 1. The first kappa shape index (κ1) is 21.8. The summed E-state index contributed by atoms with van der Waals surface area (Å²) in [5.41, 5.74) is 3.28. The standard InChI is InChI=1S/C21H22ClN7O3S/c1-28-17-8-12(22)5-6-14(17)18(27-28)16-10-24-20-19(26-16)15(9-23-20)21(30)25-13-4-3-7-29(11-13)33(2,31)32/h5-6,8-10,13H,3-4,7,11H2,1-2H3,(H,23,24)(H,25,30)/t13-/m1/s1. The van der Waals surface area contributed by atoms with Gasteiger partial charge in [0.1, 0.15) is 16.9 Å². The van der Waals surface area contributed by atoms with E-state index in [1.165, 1.54) is 10.6 Å². The molecule has 4 heterocycles. The second-order valence-electron chi connectivity index (χ2n) is 8.22. The summed E-state index contributed by atoms with van der Waals surface area (Å²) in [6.45, 7) is 0.725. The number of nitrogens with zero attached hydrogens (tertiary/aromatic N) is 5. The first-order valence-corrected chi connectivity index (χ1v) is 12.7. The zero-order chi connectivity index (χ0) is 23.3. The van der Waals surface area contributed by atoms with E-state index in [0.717, 1.165) is 10.9 Å². The lowest BCUT2D eigenvalue weighted by Crippen LogP contribution is -2.49. The minimum atomic E-state index is -3.30. The van der Waals surface area contributed by atoms with Gasteiger partial charge in [0, 0.05) is 42.8 Å². The molecule has 1 aliphatic heterocycles. The predicted molar refractivity (Wildman–Crippen MR) is 126 cm³/mol. The largest absolute Gasteiger partial charge is 0.348 e. The minimum absolute atomic E-state index is 0.256. The van der Waals surface area contributed by atoms with Crippen molar-refractivity contribution in [1.82, 2.24) is 34.4 Å². The number of H-pyrrole nitrogens is 1. The van der Waals surface area contributed by atoms with Crippen molar-refractivity contribution in [3.05, 3.63) is 41.2 Å². The smallest absolute Gasteiger partial charge is 0.255 e. The van der Waals surface area contributed by atoms with Gasteiger partial charge < -0.3 is 10.3 Å². The van der Waals surface area contributed by atoms with E-state index in [0.29, 0.717) is 52.5 Å². The fourth-order valence-corrected chi connectivity index (χ4v) is 5.30. The van der Waals surface area contributed by atoms with Crippen LogP contribution < -0.4 is 5.32 Å². The molecule has 2 N–H and O–H groups in total. The van der Waals surface area contributed by atoms with E-state index in [4.69, 9.17) is 11.6 Å². The van der Waals surface area contributed by atoms with Gasteiger partial charge in [0.05, 0.1) is 23.5 Å². The Morgan fingerprint density at radius 3 is 2.94 bits per heavy atom. The normalized spacial score (nSPS) is 17.6. The van der Waals surface area contributed by atoms with Gasteiger partial charge in [-0.25, -0.2) is 22.7 Å². The van der Waals surface area contributed by atoms with Crippen LogP contribution in [0.4, 0.5) is 0 Å². The zero-order valence-electron chi connectivity index (χ0n) is 18.0. The van der Waals surface area contributed by atoms with Gasteiger partial charge in [-0.15, -0.1) is 0 Å².